The van der Waals surface area contributed by atoms with E-state index in [1.165, 1.54) is 0 Å². The Hall–Kier alpha value is -1.11. The van der Waals surface area contributed by atoms with Gasteiger partial charge in [0.1, 0.15) is 6.04 Å². The SMILES string of the molecule is CC(=O)C1=CC(CSCCN)=C[NH+](CC(N)=O)C1C. The van der Waals surface area contributed by atoms with Crippen molar-refractivity contribution in [1.29, 1.82) is 0 Å². The highest BCUT2D eigenvalue weighted by atomic mass is 32.2. The van der Waals surface area contributed by atoms with Crippen molar-refractivity contribution in [3.05, 3.63) is 23.4 Å². The largest absolute Gasteiger partial charge is 0.365 e. The van der Waals surface area contributed by atoms with Crippen molar-refractivity contribution in [3.63, 3.8) is 0 Å². The molecule has 1 aliphatic heterocycles. The Morgan fingerprint density at radius 2 is 2.16 bits per heavy atom. The summed E-state index contributed by atoms with van der Waals surface area (Å²) in [4.78, 5) is 23.7. The third kappa shape index (κ3) is 4.81. The molecular formula is C13H22N3O2S+. The number of amides is 1. The molecule has 1 rings (SSSR count). The average molecular weight is 284 g/mol. The fraction of sp³-hybridized carbons (Fsp3) is 0.538. The summed E-state index contributed by atoms with van der Waals surface area (Å²) in [6, 6.07) is -0.0340. The molecule has 2 unspecified atom stereocenters. The Morgan fingerprint density at radius 1 is 1.47 bits per heavy atom. The van der Waals surface area contributed by atoms with Crippen molar-refractivity contribution < 1.29 is 14.5 Å². The van der Waals surface area contributed by atoms with Gasteiger partial charge in [-0.3, -0.25) is 14.5 Å². The lowest BCUT2D eigenvalue weighted by Gasteiger charge is -2.27. The third-order valence-electron chi connectivity index (χ3n) is 3.05. The fourth-order valence-electron chi connectivity index (χ4n) is 2.10. The molecule has 0 radical (unpaired) electrons. The van der Waals surface area contributed by atoms with E-state index in [2.05, 4.69) is 0 Å². The van der Waals surface area contributed by atoms with Gasteiger partial charge in [-0.15, -0.1) is 0 Å². The average Bonchev–Trinajstić information content (AvgIpc) is 2.32. The molecule has 0 saturated carbocycles. The molecule has 1 amide bonds. The molecule has 2 atom stereocenters. The van der Waals surface area contributed by atoms with Crippen molar-refractivity contribution in [2.45, 2.75) is 19.9 Å². The molecule has 0 spiro atoms. The molecule has 1 heterocycles. The zero-order valence-electron chi connectivity index (χ0n) is 11.4. The lowest BCUT2D eigenvalue weighted by molar-refractivity contribution is -0.858. The van der Waals surface area contributed by atoms with Crippen molar-refractivity contribution in [2.24, 2.45) is 11.5 Å². The first-order valence-electron chi connectivity index (χ1n) is 6.30. The Labute approximate surface area is 118 Å². The lowest BCUT2D eigenvalue weighted by atomic mass is 9.98. The molecule has 106 valence electrons. The summed E-state index contributed by atoms with van der Waals surface area (Å²) >= 11 is 1.72. The van der Waals surface area contributed by atoms with Crippen molar-refractivity contribution in [2.75, 3.05) is 24.6 Å². The highest BCUT2D eigenvalue weighted by Crippen LogP contribution is 2.15. The van der Waals surface area contributed by atoms with Crippen LogP contribution in [0, 0.1) is 0 Å². The number of hydrogen-bond acceptors (Lipinski definition) is 4. The summed E-state index contributed by atoms with van der Waals surface area (Å²) in [5.41, 5.74) is 12.5. The number of allylic oxidation sites excluding steroid dienone is 1. The second-order valence-corrected chi connectivity index (χ2v) is 5.76. The van der Waals surface area contributed by atoms with Crippen LogP contribution in [-0.4, -0.2) is 42.3 Å². The van der Waals surface area contributed by atoms with E-state index in [0.717, 1.165) is 27.6 Å². The van der Waals surface area contributed by atoms with E-state index in [1.54, 1.807) is 18.7 Å². The van der Waals surface area contributed by atoms with Crippen LogP contribution in [0.1, 0.15) is 13.8 Å². The van der Waals surface area contributed by atoms with Gasteiger partial charge >= 0.3 is 0 Å². The lowest BCUT2D eigenvalue weighted by Crippen LogP contribution is -3.13. The maximum absolute atomic E-state index is 11.7. The van der Waals surface area contributed by atoms with Gasteiger partial charge < -0.3 is 11.5 Å². The van der Waals surface area contributed by atoms with Crippen LogP contribution in [-0.2, 0) is 9.59 Å². The molecule has 0 aromatic rings. The monoisotopic (exact) mass is 284 g/mol. The van der Waals surface area contributed by atoms with Crippen LogP contribution in [0.3, 0.4) is 0 Å². The van der Waals surface area contributed by atoms with Crippen LogP contribution in [0.5, 0.6) is 0 Å². The second kappa shape index (κ2) is 7.47. The number of carbonyl (C=O) groups is 2. The normalized spacial score (nSPS) is 22.7. The number of thioether (sulfide) groups is 1. The minimum Gasteiger partial charge on any atom is -0.365 e. The maximum Gasteiger partial charge on any atom is 0.273 e. The topological polar surface area (TPSA) is 90.6 Å². The molecule has 19 heavy (non-hydrogen) atoms. The molecule has 0 saturated heterocycles. The number of hydrogen-bond donors (Lipinski definition) is 3. The van der Waals surface area contributed by atoms with Gasteiger partial charge in [-0.1, -0.05) is 0 Å². The summed E-state index contributed by atoms with van der Waals surface area (Å²) in [7, 11) is 0. The van der Waals surface area contributed by atoms with Gasteiger partial charge in [-0.05, 0) is 19.9 Å². The molecule has 6 heteroatoms. The number of ketones is 1. The van der Waals surface area contributed by atoms with Crippen LogP contribution < -0.4 is 16.4 Å². The van der Waals surface area contributed by atoms with Crippen LogP contribution in [0.15, 0.2) is 23.4 Å². The summed E-state index contributed by atoms with van der Waals surface area (Å²) in [5, 5.41) is 0. The Bertz CT molecular complexity index is 418. The van der Waals surface area contributed by atoms with E-state index >= 15 is 0 Å². The number of nitrogens with one attached hydrogen (secondary N) is 1. The number of rotatable bonds is 7. The Kier molecular flexibility index (Phi) is 6.27. The van der Waals surface area contributed by atoms with Gasteiger partial charge in [-0.25, -0.2) is 0 Å². The minimum atomic E-state index is -0.364. The number of nitrogens with two attached hydrogens (primary N) is 2. The van der Waals surface area contributed by atoms with Gasteiger partial charge in [-0.2, -0.15) is 11.8 Å². The quantitative estimate of drug-likeness (QED) is 0.515. The van der Waals surface area contributed by atoms with Crippen LogP contribution in [0.2, 0.25) is 0 Å². The molecule has 0 bridgehead atoms. The first-order valence-corrected chi connectivity index (χ1v) is 7.46. The molecule has 5 N–H and O–H groups in total. The smallest absolute Gasteiger partial charge is 0.273 e. The zero-order valence-corrected chi connectivity index (χ0v) is 12.3. The van der Waals surface area contributed by atoms with Crippen molar-refractivity contribution in [1.82, 2.24) is 0 Å². The highest BCUT2D eigenvalue weighted by Gasteiger charge is 2.28. The van der Waals surface area contributed by atoms with Gasteiger partial charge in [0, 0.05) is 23.6 Å². The Morgan fingerprint density at radius 3 is 2.68 bits per heavy atom. The van der Waals surface area contributed by atoms with E-state index in [-0.39, 0.29) is 24.3 Å². The van der Waals surface area contributed by atoms with Gasteiger partial charge in [0.25, 0.3) is 5.91 Å². The highest BCUT2D eigenvalue weighted by molar-refractivity contribution is 7.99. The molecule has 1 aliphatic rings. The van der Waals surface area contributed by atoms with Crippen molar-refractivity contribution in [3.8, 4) is 0 Å². The first-order chi connectivity index (χ1) is 8.95. The van der Waals surface area contributed by atoms with E-state index in [4.69, 9.17) is 11.5 Å². The standard InChI is InChI=1S/C13H21N3O2S/c1-9-12(10(2)17)5-11(8-19-4-3-14)6-16(9)7-13(15)18/h5-6,9H,3-4,7-8,14H2,1-2H3,(H2,15,18)/p+1. The number of carbonyl (C=O) groups excluding carboxylic acids is 2. The first kappa shape index (κ1) is 15.9. The van der Waals surface area contributed by atoms with Crippen LogP contribution >= 0.6 is 11.8 Å². The molecule has 5 nitrogen and oxygen atoms in total. The van der Waals surface area contributed by atoms with E-state index in [9.17, 15) is 9.59 Å². The molecule has 0 aromatic heterocycles. The van der Waals surface area contributed by atoms with Gasteiger partial charge in [0.05, 0.1) is 11.8 Å². The van der Waals surface area contributed by atoms with E-state index in [0.29, 0.717) is 6.54 Å². The van der Waals surface area contributed by atoms with Crippen LogP contribution in [0.4, 0.5) is 0 Å². The zero-order chi connectivity index (χ0) is 14.4. The number of primary amides is 1. The maximum atomic E-state index is 11.7. The van der Waals surface area contributed by atoms with Gasteiger partial charge in [0.2, 0.25) is 0 Å². The summed E-state index contributed by atoms with van der Waals surface area (Å²) < 4.78 is 0. The number of Topliss-reactive ketones (excluding diaryl/α,β-unsaturated/α-hetero) is 1. The predicted molar refractivity (Wildman–Crippen MR) is 77.7 cm³/mol. The minimum absolute atomic E-state index is 0.0340. The van der Waals surface area contributed by atoms with Crippen LogP contribution in [0.25, 0.3) is 0 Å². The van der Waals surface area contributed by atoms with Crippen molar-refractivity contribution >= 4 is 23.5 Å². The molecule has 0 aromatic carbocycles. The van der Waals surface area contributed by atoms with E-state index in [1.807, 2.05) is 19.2 Å². The fourth-order valence-corrected chi connectivity index (χ4v) is 2.81. The van der Waals surface area contributed by atoms with Gasteiger partial charge in [0.15, 0.2) is 12.3 Å². The summed E-state index contributed by atoms with van der Waals surface area (Å²) in [5.74, 6) is 1.35. The Balaban J connectivity index is 2.86. The molecular weight excluding hydrogens is 262 g/mol. The molecule has 0 aliphatic carbocycles. The molecule has 0 fully saturated rings. The summed E-state index contributed by atoms with van der Waals surface area (Å²) in [6.07, 6.45) is 3.92. The second-order valence-electron chi connectivity index (χ2n) is 4.66. The third-order valence-corrected chi connectivity index (χ3v) is 4.11. The summed E-state index contributed by atoms with van der Waals surface area (Å²) in [6.45, 7) is 4.33. The predicted octanol–water partition coefficient (Wildman–Crippen LogP) is -1.15. The number of quaternary nitrogens is 1. The van der Waals surface area contributed by atoms with E-state index < -0.39 is 0 Å².